The third-order valence-corrected chi connectivity index (χ3v) is 4.22. The molecule has 0 radical (unpaired) electrons. The standard InChI is InChI=1S/C15H21N3O2/c1-20-14-4-2-3-12(9-14)15(19)16-10-13-11-17-5-7-18(13)8-6-17/h2-4,9,13H,5-8,10-11H2,1H3,(H,16,19). The molecule has 1 aromatic carbocycles. The SMILES string of the molecule is COc1cccc(C(=O)NCC2CN3CCN2CC3)c1. The molecule has 3 heterocycles. The van der Waals surface area contributed by atoms with Gasteiger partial charge in [-0.05, 0) is 18.2 Å². The number of methoxy groups -OCH3 is 1. The maximum absolute atomic E-state index is 12.2. The van der Waals surface area contributed by atoms with Crippen molar-refractivity contribution in [3.8, 4) is 5.75 Å². The Kier molecular flexibility index (Phi) is 3.89. The zero-order chi connectivity index (χ0) is 13.9. The van der Waals surface area contributed by atoms with E-state index in [-0.39, 0.29) is 5.91 Å². The number of benzene rings is 1. The van der Waals surface area contributed by atoms with Crippen LogP contribution in [0.15, 0.2) is 24.3 Å². The molecule has 0 saturated carbocycles. The number of fused-ring (bicyclic) bond motifs is 3. The molecule has 2 bridgehead atoms. The highest BCUT2D eigenvalue weighted by atomic mass is 16.5. The maximum atomic E-state index is 12.2. The minimum atomic E-state index is -0.0263. The van der Waals surface area contributed by atoms with E-state index in [1.807, 2.05) is 18.2 Å². The van der Waals surface area contributed by atoms with Crippen LogP contribution in [0.5, 0.6) is 5.75 Å². The van der Waals surface area contributed by atoms with Crippen molar-refractivity contribution in [2.45, 2.75) is 6.04 Å². The van der Waals surface area contributed by atoms with Crippen molar-refractivity contribution in [1.29, 1.82) is 0 Å². The fraction of sp³-hybridized carbons (Fsp3) is 0.533. The number of carbonyl (C=O) groups excluding carboxylic acids is 1. The van der Waals surface area contributed by atoms with Crippen molar-refractivity contribution in [2.75, 3.05) is 46.4 Å². The third-order valence-electron chi connectivity index (χ3n) is 4.22. The summed E-state index contributed by atoms with van der Waals surface area (Å²) in [6.45, 7) is 6.37. The smallest absolute Gasteiger partial charge is 0.251 e. The second kappa shape index (κ2) is 5.81. The van der Waals surface area contributed by atoms with Crippen LogP contribution in [0.3, 0.4) is 0 Å². The predicted molar refractivity (Wildman–Crippen MR) is 77.1 cm³/mol. The van der Waals surface area contributed by atoms with Gasteiger partial charge in [0, 0.05) is 50.9 Å². The number of piperazine rings is 3. The van der Waals surface area contributed by atoms with Gasteiger partial charge in [-0.25, -0.2) is 0 Å². The van der Waals surface area contributed by atoms with E-state index in [0.717, 1.165) is 19.6 Å². The van der Waals surface area contributed by atoms with Crippen molar-refractivity contribution < 1.29 is 9.53 Å². The normalized spacial score (nSPS) is 28.1. The van der Waals surface area contributed by atoms with Crippen LogP contribution in [-0.2, 0) is 0 Å². The third kappa shape index (κ3) is 2.78. The minimum Gasteiger partial charge on any atom is -0.497 e. The van der Waals surface area contributed by atoms with E-state index >= 15 is 0 Å². The molecule has 3 fully saturated rings. The highest BCUT2D eigenvalue weighted by molar-refractivity contribution is 5.94. The highest BCUT2D eigenvalue weighted by Gasteiger charge is 2.31. The molecule has 3 aliphatic heterocycles. The largest absolute Gasteiger partial charge is 0.497 e. The van der Waals surface area contributed by atoms with Crippen molar-refractivity contribution in [1.82, 2.24) is 15.1 Å². The molecule has 108 valence electrons. The van der Waals surface area contributed by atoms with Gasteiger partial charge in [-0.2, -0.15) is 0 Å². The van der Waals surface area contributed by atoms with Gasteiger partial charge in [0.15, 0.2) is 0 Å². The average Bonchev–Trinajstić information content (AvgIpc) is 2.54. The molecule has 1 unspecified atom stereocenters. The monoisotopic (exact) mass is 275 g/mol. The van der Waals surface area contributed by atoms with Crippen LogP contribution in [0.25, 0.3) is 0 Å². The van der Waals surface area contributed by atoms with Gasteiger partial charge in [0.1, 0.15) is 5.75 Å². The van der Waals surface area contributed by atoms with E-state index in [1.54, 1.807) is 13.2 Å². The zero-order valence-corrected chi connectivity index (χ0v) is 11.8. The fourth-order valence-electron chi connectivity index (χ4n) is 3.00. The summed E-state index contributed by atoms with van der Waals surface area (Å²) in [7, 11) is 1.61. The molecule has 4 rings (SSSR count). The first-order valence-corrected chi connectivity index (χ1v) is 7.15. The van der Waals surface area contributed by atoms with Crippen LogP contribution in [0.2, 0.25) is 0 Å². The van der Waals surface area contributed by atoms with Gasteiger partial charge in [0.2, 0.25) is 0 Å². The number of nitrogens with zero attached hydrogens (tertiary/aromatic N) is 2. The van der Waals surface area contributed by atoms with E-state index in [9.17, 15) is 4.79 Å². The molecule has 1 amide bonds. The Morgan fingerprint density at radius 2 is 2.15 bits per heavy atom. The lowest BCUT2D eigenvalue weighted by Gasteiger charge is -2.47. The number of ether oxygens (including phenoxy) is 1. The first-order chi connectivity index (χ1) is 9.76. The Hall–Kier alpha value is -1.59. The second-order valence-corrected chi connectivity index (χ2v) is 5.43. The van der Waals surface area contributed by atoms with Crippen molar-refractivity contribution in [2.24, 2.45) is 0 Å². The van der Waals surface area contributed by atoms with Crippen molar-refractivity contribution in [3.63, 3.8) is 0 Å². The molecule has 3 aliphatic rings. The van der Waals surface area contributed by atoms with Crippen LogP contribution in [0.1, 0.15) is 10.4 Å². The molecule has 1 N–H and O–H groups in total. The summed E-state index contributed by atoms with van der Waals surface area (Å²) in [6.07, 6.45) is 0. The number of hydrogen-bond acceptors (Lipinski definition) is 4. The van der Waals surface area contributed by atoms with E-state index in [2.05, 4.69) is 15.1 Å². The van der Waals surface area contributed by atoms with Gasteiger partial charge in [0.25, 0.3) is 5.91 Å². The molecule has 1 aromatic rings. The van der Waals surface area contributed by atoms with E-state index in [1.165, 1.54) is 13.1 Å². The number of rotatable bonds is 4. The number of nitrogens with one attached hydrogen (secondary N) is 1. The molecule has 0 spiro atoms. The number of amides is 1. The summed E-state index contributed by atoms with van der Waals surface area (Å²) in [6, 6.07) is 7.72. The molecule has 1 atom stereocenters. The molecular weight excluding hydrogens is 254 g/mol. The lowest BCUT2D eigenvalue weighted by Crippen LogP contribution is -2.63. The van der Waals surface area contributed by atoms with Gasteiger partial charge in [-0.1, -0.05) is 6.07 Å². The Bertz CT molecular complexity index is 484. The number of hydrogen-bond donors (Lipinski definition) is 1. The van der Waals surface area contributed by atoms with Crippen LogP contribution in [0.4, 0.5) is 0 Å². The van der Waals surface area contributed by atoms with Gasteiger partial charge >= 0.3 is 0 Å². The first-order valence-electron chi connectivity index (χ1n) is 7.15. The molecule has 5 heteroatoms. The van der Waals surface area contributed by atoms with Gasteiger partial charge in [0.05, 0.1) is 7.11 Å². The first kappa shape index (κ1) is 13.4. The van der Waals surface area contributed by atoms with Gasteiger partial charge in [-0.15, -0.1) is 0 Å². The average molecular weight is 275 g/mol. The summed E-state index contributed by atoms with van der Waals surface area (Å²) in [4.78, 5) is 17.1. The van der Waals surface area contributed by atoms with E-state index in [0.29, 0.717) is 23.9 Å². The van der Waals surface area contributed by atoms with Crippen molar-refractivity contribution in [3.05, 3.63) is 29.8 Å². The Balaban J connectivity index is 1.56. The van der Waals surface area contributed by atoms with E-state index < -0.39 is 0 Å². The molecular formula is C15H21N3O2. The summed E-state index contributed by atoms with van der Waals surface area (Å²) < 4.78 is 5.14. The zero-order valence-electron chi connectivity index (χ0n) is 11.8. The Labute approximate surface area is 119 Å². The Morgan fingerprint density at radius 1 is 1.35 bits per heavy atom. The second-order valence-electron chi connectivity index (χ2n) is 5.43. The van der Waals surface area contributed by atoms with Crippen LogP contribution < -0.4 is 10.1 Å². The quantitative estimate of drug-likeness (QED) is 0.865. The fourth-order valence-corrected chi connectivity index (χ4v) is 3.00. The van der Waals surface area contributed by atoms with Crippen LogP contribution in [0, 0.1) is 0 Å². The molecule has 0 aliphatic carbocycles. The number of carbonyl (C=O) groups is 1. The van der Waals surface area contributed by atoms with Crippen LogP contribution >= 0.6 is 0 Å². The highest BCUT2D eigenvalue weighted by Crippen LogP contribution is 2.15. The molecule has 20 heavy (non-hydrogen) atoms. The predicted octanol–water partition coefficient (Wildman–Crippen LogP) is 0.425. The van der Waals surface area contributed by atoms with Crippen LogP contribution in [-0.4, -0.2) is 68.1 Å². The summed E-state index contributed by atoms with van der Waals surface area (Å²) in [5.74, 6) is 0.686. The Morgan fingerprint density at radius 3 is 2.80 bits per heavy atom. The molecule has 3 saturated heterocycles. The topological polar surface area (TPSA) is 44.8 Å². The summed E-state index contributed by atoms with van der Waals surface area (Å²) in [5.41, 5.74) is 0.653. The molecule has 0 aromatic heterocycles. The van der Waals surface area contributed by atoms with E-state index in [4.69, 9.17) is 4.74 Å². The molecule has 5 nitrogen and oxygen atoms in total. The lowest BCUT2D eigenvalue weighted by molar-refractivity contribution is 0.0138. The maximum Gasteiger partial charge on any atom is 0.251 e. The van der Waals surface area contributed by atoms with Crippen molar-refractivity contribution >= 4 is 5.91 Å². The summed E-state index contributed by atoms with van der Waals surface area (Å²) in [5, 5.41) is 3.04. The minimum absolute atomic E-state index is 0.0263. The van der Waals surface area contributed by atoms with Gasteiger partial charge < -0.3 is 10.1 Å². The summed E-state index contributed by atoms with van der Waals surface area (Å²) >= 11 is 0. The van der Waals surface area contributed by atoms with Gasteiger partial charge in [-0.3, -0.25) is 14.6 Å². The lowest BCUT2D eigenvalue weighted by atomic mass is 10.1.